The number of aromatic nitrogens is 3. The number of pyridine rings is 1. The highest BCUT2D eigenvalue weighted by molar-refractivity contribution is 7.05. The minimum Gasteiger partial charge on any atom is -0.369 e. The van der Waals surface area contributed by atoms with E-state index in [1.54, 1.807) is 29.8 Å². The lowest BCUT2D eigenvalue weighted by Crippen LogP contribution is -2.26. The van der Waals surface area contributed by atoms with Gasteiger partial charge in [-0.3, -0.25) is 4.79 Å². The van der Waals surface area contributed by atoms with Crippen molar-refractivity contribution in [2.45, 2.75) is 19.4 Å². The molecule has 1 aromatic carbocycles. The van der Waals surface area contributed by atoms with Gasteiger partial charge in [0.2, 0.25) is 0 Å². The van der Waals surface area contributed by atoms with Crippen molar-refractivity contribution >= 4 is 45.4 Å². The van der Waals surface area contributed by atoms with Crippen LogP contribution in [0.4, 0.5) is 15.8 Å². The normalized spacial score (nSPS) is 16.8. The van der Waals surface area contributed by atoms with Crippen molar-refractivity contribution in [1.29, 1.82) is 0 Å². The number of nitrogens with zero attached hydrogens (tertiary/aromatic N) is 4. The molecule has 1 aliphatic heterocycles. The summed E-state index contributed by atoms with van der Waals surface area (Å²) in [6, 6.07) is 5.15. The first-order valence-corrected chi connectivity index (χ1v) is 10.2. The van der Waals surface area contributed by atoms with E-state index in [1.807, 2.05) is 11.4 Å². The highest BCUT2D eigenvalue weighted by Crippen LogP contribution is 2.32. The average Bonchev–Trinajstić information content (AvgIpc) is 3.40. The molecular weight excluding hydrogens is 391 g/mol. The van der Waals surface area contributed by atoms with Gasteiger partial charge < -0.3 is 20.4 Å². The number of fused-ring (bicyclic) bond motifs is 2. The third kappa shape index (κ3) is 3.12. The van der Waals surface area contributed by atoms with Crippen molar-refractivity contribution in [3.8, 4) is 0 Å². The molecule has 0 radical (unpaired) electrons. The molecule has 4 heterocycles. The third-order valence-electron chi connectivity index (χ3n) is 5.20. The molecule has 9 heteroatoms. The van der Waals surface area contributed by atoms with Gasteiger partial charge in [0.15, 0.2) is 11.5 Å². The number of aryl methyl sites for hydroxylation is 1. The molecule has 0 aliphatic carbocycles. The second-order valence-electron chi connectivity index (χ2n) is 7.35. The maximum Gasteiger partial charge on any atom is 0.257 e. The monoisotopic (exact) mass is 410 g/mol. The number of hydrogen-bond donors (Lipinski definition) is 2. The second-order valence-corrected chi connectivity index (χ2v) is 7.98. The molecule has 3 N–H and O–H groups in total. The zero-order chi connectivity index (χ0) is 20.1. The number of hydrogen-bond acceptors (Lipinski definition) is 6. The fourth-order valence-electron chi connectivity index (χ4n) is 3.85. The van der Waals surface area contributed by atoms with E-state index in [-0.39, 0.29) is 17.6 Å². The zero-order valence-corrected chi connectivity index (χ0v) is 16.5. The zero-order valence-electron chi connectivity index (χ0n) is 15.7. The molecule has 1 saturated heterocycles. The van der Waals surface area contributed by atoms with Crippen LogP contribution in [0.15, 0.2) is 36.0 Å². The van der Waals surface area contributed by atoms with E-state index in [0.717, 1.165) is 30.6 Å². The highest BCUT2D eigenvalue weighted by atomic mass is 32.1. The van der Waals surface area contributed by atoms with E-state index in [1.165, 1.54) is 17.6 Å². The van der Waals surface area contributed by atoms with Gasteiger partial charge in [-0.25, -0.2) is 9.37 Å². The third-order valence-corrected chi connectivity index (χ3v) is 5.83. The number of carbonyl (C=O) groups excluding carboxylic acids is 1. The Morgan fingerprint density at radius 3 is 3.03 bits per heavy atom. The van der Waals surface area contributed by atoms with Gasteiger partial charge in [-0.05, 0) is 37.0 Å². The first-order chi connectivity index (χ1) is 14.0. The SMILES string of the molecule is Cc1cn2cc(NC(=O)c3ccc(N4CC[C@@H](N)C4)c4csnc34)cc(F)c2n1. The molecule has 0 unspecified atom stereocenters. The van der Waals surface area contributed by atoms with E-state index in [4.69, 9.17) is 5.73 Å². The molecule has 148 valence electrons. The van der Waals surface area contributed by atoms with Crippen molar-refractivity contribution < 1.29 is 9.18 Å². The van der Waals surface area contributed by atoms with Crippen molar-refractivity contribution in [2.24, 2.45) is 5.73 Å². The van der Waals surface area contributed by atoms with Crippen molar-refractivity contribution in [1.82, 2.24) is 13.8 Å². The largest absolute Gasteiger partial charge is 0.369 e. The van der Waals surface area contributed by atoms with Crippen LogP contribution in [-0.4, -0.2) is 38.8 Å². The Kier molecular flexibility index (Phi) is 4.21. The summed E-state index contributed by atoms with van der Waals surface area (Å²) in [6.45, 7) is 3.47. The molecule has 0 spiro atoms. The number of imidazole rings is 1. The number of halogens is 1. The maximum absolute atomic E-state index is 14.3. The van der Waals surface area contributed by atoms with Crippen LogP contribution in [0.5, 0.6) is 0 Å². The fraction of sp³-hybridized carbons (Fsp3) is 0.250. The summed E-state index contributed by atoms with van der Waals surface area (Å²) in [5, 5.41) is 5.67. The number of benzene rings is 1. The van der Waals surface area contributed by atoms with Gasteiger partial charge in [0, 0.05) is 54.0 Å². The van der Waals surface area contributed by atoms with Crippen molar-refractivity contribution in [2.75, 3.05) is 23.3 Å². The number of anilines is 2. The Labute approximate surface area is 170 Å². The highest BCUT2D eigenvalue weighted by Gasteiger charge is 2.23. The molecule has 3 aromatic heterocycles. The van der Waals surface area contributed by atoms with Crippen LogP contribution >= 0.6 is 11.5 Å². The number of carbonyl (C=O) groups is 1. The summed E-state index contributed by atoms with van der Waals surface area (Å²) in [4.78, 5) is 19.3. The molecule has 1 atom stereocenters. The predicted octanol–water partition coefficient (Wildman–Crippen LogP) is 3.18. The van der Waals surface area contributed by atoms with Gasteiger partial charge in [-0.15, -0.1) is 0 Å². The van der Waals surface area contributed by atoms with Gasteiger partial charge in [0.25, 0.3) is 5.91 Å². The Morgan fingerprint density at radius 1 is 1.38 bits per heavy atom. The first-order valence-electron chi connectivity index (χ1n) is 9.33. The lowest BCUT2D eigenvalue weighted by molar-refractivity contribution is 0.102. The summed E-state index contributed by atoms with van der Waals surface area (Å²) < 4.78 is 20.3. The number of nitrogens with one attached hydrogen (secondary N) is 1. The first kappa shape index (κ1) is 18.0. The van der Waals surface area contributed by atoms with Crippen LogP contribution in [0.1, 0.15) is 22.5 Å². The van der Waals surface area contributed by atoms with Gasteiger partial charge in [-0.2, -0.15) is 4.37 Å². The van der Waals surface area contributed by atoms with Crippen LogP contribution in [0.3, 0.4) is 0 Å². The van der Waals surface area contributed by atoms with E-state index < -0.39 is 5.82 Å². The maximum atomic E-state index is 14.3. The number of rotatable bonds is 3. The molecule has 7 nitrogen and oxygen atoms in total. The van der Waals surface area contributed by atoms with E-state index in [2.05, 4.69) is 19.6 Å². The summed E-state index contributed by atoms with van der Waals surface area (Å²) in [5.41, 5.74) is 9.47. The molecular formula is C20H19FN6OS. The molecule has 29 heavy (non-hydrogen) atoms. The van der Waals surface area contributed by atoms with Gasteiger partial charge in [-0.1, -0.05) is 0 Å². The van der Waals surface area contributed by atoms with Crippen LogP contribution in [-0.2, 0) is 0 Å². The second kappa shape index (κ2) is 6.78. The summed E-state index contributed by atoms with van der Waals surface area (Å²) in [6.07, 6.45) is 4.31. The quantitative estimate of drug-likeness (QED) is 0.542. The van der Waals surface area contributed by atoms with E-state index in [9.17, 15) is 9.18 Å². The topological polar surface area (TPSA) is 88.5 Å². The standard InChI is InChI=1S/C20H19FN6OS/c1-11-7-27-9-13(6-16(21)19(27)23-11)24-20(28)14-2-3-17(15-10-29-25-18(14)15)26-5-4-12(22)8-26/h2-3,6-7,9-10,12H,4-5,8,22H2,1H3,(H,24,28)/t12-/m1/s1. The van der Waals surface area contributed by atoms with Crippen LogP contribution in [0, 0.1) is 12.7 Å². The van der Waals surface area contributed by atoms with Crippen LogP contribution in [0.2, 0.25) is 0 Å². The van der Waals surface area contributed by atoms with Gasteiger partial charge in [0.1, 0.15) is 0 Å². The Balaban J connectivity index is 1.48. The molecule has 5 rings (SSSR count). The average molecular weight is 410 g/mol. The van der Waals surface area contributed by atoms with Gasteiger partial charge in [0.05, 0.1) is 22.5 Å². The molecule has 0 saturated carbocycles. The summed E-state index contributed by atoms with van der Waals surface area (Å²) in [7, 11) is 0. The Bertz CT molecular complexity index is 1250. The lowest BCUT2D eigenvalue weighted by Gasteiger charge is -2.19. The van der Waals surface area contributed by atoms with E-state index in [0.29, 0.717) is 22.5 Å². The number of nitrogens with two attached hydrogens (primary N) is 1. The van der Waals surface area contributed by atoms with Crippen LogP contribution < -0.4 is 16.0 Å². The molecule has 0 bridgehead atoms. The van der Waals surface area contributed by atoms with E-state index >= 15 is 0 Å². The fourth-order valence-corrected chi connectivity index (χ4v) is 4.55. The molecule has 1 amide bonds. The summed E-state index contributed by atoms with van der Waals surface area (Å²) >= 11 is 1.31. The Hall–Kier alpha value is -3.04. The molecule has 1 fully saturated rings. The van der Waals surface area contributed by atoms with Crippen molar-refractivity contribution in [3.63, 3.8) is 0 Å². The summed E-state index contributed by atoms with van der Waals surface area (Å²) in [5.74, 6) is -0.823. The predicted molar refractivity (Wildman–Crippen MR) is 112 cm³/mol. The minimum absolute atomic E-state index is 0.163. The lowest BCUT2D eigenvalue weighted by atomic mass is 10.1. The Morgan fingerprint density at radius 2 is 2.24 bits per heavy atom. The van der Waals surface area contributed by atoms with Crippen molar-refractivity contribution in [3.05, 3.63) is 53.0 Å². The molecule has 1 aliphatic rings. The number of amides is 1. The smallest absolute Gasteiger partial charge is 0.257 e. The van der Waals surface area contributed by atoms with Crippen LogP contribution in [0.25, 0.3) is 16.6 Å². The molecule has 4 aromatic rings. The van der Waals surface area contributed by atoms with Gasteiger partial charge >= 0.3 is 0 Å². The minimum atomic E-state index is -0.490.